The van der Waals surface area contributed by atoms with E-state index in [0.717, 1.165) is 31.1 Å². The topological polar surface area (TPSA) is 55.6 Å². The number of tetrazole rings is 1. The summed E-state index contributed by atoms with van der Waals surface area (Å²) in [7, 11) is 0. The molecule has 0 spiro atoms. The Morgan fingerprint density at radius 2 is 2.00 bits per heavy atom. The van der Waals surface area contributed by atoms with Gasteiger partial charge in [-0.1, -0.05) is 30.3 Å². The molecule has 2 aromatic rings. The molecule has 100 valence electrons. The molecule has 1 aromatic carbocycles. The summed E-state index contributed by atoms with van der Waals surface area (Å²) in [5.74, 6) is 0.705. The molecular weight excluding hydrogens is 238 g/mol. The van der Waals surface area contributed by atoms with Crippen molar-refractivity contribution < 1.29 is 0 Å². The molecule has 19 heavy (non-hydrogen) atoms. The highest BCUT2D eigenvalue weighted by atomic mass is 15.6. The molecule has 3 rings (SSSR count). The Kier molecular flexibility index (Phi) is 3.83. The zero-order valence-electron chi connectivity index (χ0n) is 11.0. The molecule has 5 nitrogen and oxygen atoms in total. The lowest BCUT2D eigenvalue weighted by Crippen LogP contribution is -2.18. The standard InChI is InChI=1S/C14H19N5/c1-2-6-12(7-3-1)14-16-18-19(17-14)11-5-4-10-15-13-8-9-13/h1-3,6-7,13,15H,4-5,8-11H2. The number of rotatable bonds is 7. The van der Waals surface area contributed by atoms with Crippen molar-refractivity contribution in [1.82, 2.24) is 25.5 Å². The summed E-state index contributed by atoms with van der Waals surface area (Å²) in [5, 5.41) is 16.1. The van der Waals surface area contributed by atoms with Crippen LogP contribution in [0, 0.1) is 0 Å². The van der Waals surface area contributed by atoms with Crippen molar-refractivity contribution in [3.63, 3.8) is 0 Å². The lowest BCUT2D eigenvalue weighted by atomic mass is 10.2. The number of hydrogen-bond donors (Lipinski definition) is 1. The Morgan fingerprint density at radius 1 is 1.16 bits per heavy atom. The van der Waals surface area contributed by atoms with Crippen molar-refractivity contribution in [2.24, 2.45) is 0 Å². The van der Waals surface area contributed by atoms with E-state index >= 15 is 0 Å². The summed E-state index contributed by atoms with van der Waals surface area (Å²) in [6.07, 6.45) is 4.96. The predicted octanol–water partition coefficient (Wildman–Crippen LogP) is 1.87. The average Bonchev–Trinajstić information content (AvgIpc) is 3.16. The number of benzene rings is 1. The first-order valence-electron chi connectivity index (χ1n) is 6.98. The van der Waals surface area contributed by atoms with Crippen LogP contribution in [0.1, 0.15) is 25.7 Å². The van der Waals surface area contributed by atoms with E-state index in [1.54, 1.807) is 4.80 Å². The monoisotopic (exact) mass is 257 g/mol. The molecule has 1 heterocycles. The van der Waals surface area contributed by atoms with Gasteiger partial charge >= 0.3 is 0 Å². The number of hydrogen-bond acceptors (Lipinski definition) is 4. The smallest absolute Gasteiger partial charge is 0.204 e. The molecule has 1 aromatic heterocycles. The first-order valence-corrected chi connectivity index (χ1v) is 6.98. The third-order valence-electron chi connectivity index (χ3n) is 3.28. The molecular formula is C14H19N5. The van der Waals surface area contributed by atoms with E-state index < -0.39 is 0 Å². The normalized spacial score (nSPS) is 14.7. The predicted molar refractivity (Wildman–Crippen MR) is 73.5 cm³/mol. The van der Waals surface area contributed by atoms with Gasteiger partial charge in [-0.25, -0.2) is 0 Å². The fourth-order valence-corrected chi connectivity index (χ4v) is 2.01. The lowest BCUT2D eigenvalue weighted by Gasteiger charge is -2.01. The maximum atomic E-state index is 4.40. The first-order chi connectivity index (χ1) is 9.42. The van der Waals surface area contributed by atoms with Crippen molar-refractivity contribution in [3.8, 4) is 11.4 Å². The SMILES string of the molecule is c1ccc(-c2nnn(CCCCNC3CC3)n2)cc1. The lowest BCUT2D eigenvalue weighted by molar-refractivity contribution is 0.479. The largest absolute Gasteiger partial charge is 0.314 e. The number of nitrogens with zero attached hydrogens (tertiary/aromatic N) is 4. The molecule has 0 amide bonds. The second kappa shape index (κ2) is 5.93. The van der Waals surface area contributed by atoms with Gasteiger partial charge in [0.1, 0.15) is 0 Å². The van der Waals surface area contributed by atoms with Gasteiger partial charge < -0.3 is 5.32 Å². The van der Waals surface area contributed by atoms with Crippen LogP contribution in [0.4, 0.5) is 0 Å². The molecule has 1 N–H and O–H groups in total. The number of aromatic nitrogens is 4. The summed E-state index contributed by atoms with van der Waals surface area (Å²) < 4.78 is 0. The fraction of sp³-hybridized carbons (Fsp3) is 0.500. The Morgan fingerprint density at radius 3 is 2.79 bits per heavy atom. The van der Waals surface area contributed by atoms with Crippen LogP contribution in [0.3, 0.4) is 0 Å². The average molecular weight is 257 g/mol. The van der Waals surface area contributed by atoms with Crippen LogP contribution in [0.25, 0.3) is 11.4 Å². The molecule has 0 unspecified atom stereocenters. The van der Waals surface area contributed by atoms with E-state index in [-0.39, 0.29) is 0 Å². The van der Waals surface area contributed by atoms with Gasteiger partial charge in [0.05, 0.1) is 6.54 Å². The second-order valence-corrected chi connectivity index (χ2v) is 5.01. The van der Waals surface area contributed by atoms with E-state index in [4.69, 9.17) is 0 Å². The van der Waals surface area contributed by atoms with E-state index in [1.807, 2.05) is 30.3 Å². The summed E-state index contributed by atoms with van der Waals surface area (Å²) in [6.45, 7) is 1.94. The van der Waals surface area contributed by atoms with Crippen LogP contribution in [0.2, 0.25) is 0 Å². The molecule has 0 radical (unpaired) electrons. The summed E-state index contributed by atoms with van der Waals surface area (Å²) in [5.41, 5.74) is 1.02. The van der Waals surface area contributed by atoms with E-state index in [0.29, 0.717) is 5.82 Å². The maximum Gasteiger partial charge on any atom is 0.204 e. The van der Waals surface area contributed by atoms with Gasteiger partial charge in [0.15, 0.2) is 0 Å². The quantitative estimate of drug-likeness (QED) is 0.769. The molecule has 0 aliphatic heterocycles. The molecule has 0 bridgehead atoms. The minimum absolute atomic E-state index is 0.705. The van der Waals surface area contributed by atoms with Crippen LogP contribution < -0.4 is 5.32 Å². The minimum Gasteiger partial charge on any atom is -0.314 e. The van der Waals surface area contributed by atoms with Crippen LogP contribution >= 0.6 is 0 Å². The van der Waals surface area contributed by atoms with Crippen LogP contribution in [0.5, 0.6) is 0 Å². The van der Waals surface area contributed by atoms with E-state index in [9.17, 15) is 0 Å². The molecule has 0 saturated heterocycles. The molecule has 1 aliphatic rings. The van der Waals surface area contributed by atoms with Gasteiger partial charge in [0, 0.05) is 11.6 Å². The van der Waals surface area contributed by atoms with Gasteiger partial charge in [-0.05, 0) is 37.4 Å². The number of nitrogens with one attached hydrogen (secondary N) is 1. The second-order valence-electron chi connectivity index (χ2n) is 5.01. The van der Waals surface area contributed by atoms with E-state index in [1.165, 1.54) is 19.3 Å². The zero-order valence-corrected chi connectivity index (χ0v) is 11.0. The highest BCUT2D eigenvalue weighted by Crippen LogP contribution is 2.18. The molecule has 1 fully saturated rings. The maximum absolute atomic E-state index is 4.40. The Labute approximate surface area is 113 Å². The van der Waals surface area contributed by atoms with Gasteiger partial charge in [-0.15, -0.1) is 10.2 Å². The van der Waals surface area contributed by atoms with Crippen molar-refractivity contribution in [2.75, 3.05) is 6.54 Å². The van der Waals surface area contributed by atoms with Gasteiger partial charge in [0.25, 0.3) is 0 Å². The van der Waals surface area contributed by atoms with Crippen molar-refractivity contribution in [2.45, 2.75) is 38.3 Å². The zero-order chi connectivity index (χ0) is 12.9. The number of aryl methyl sites for hydroxylation is 1. The third-order valence-corrected chi connectivity index (χ3v) is 3.28. The minimum atomic E-state index is 0.705. The molecule has 1 saturated carbocycles. The van der Waals surface area contributed by atoms with Crippen LogP contribution in [-0.2, 0) is 6.54 Å². The Balaban J connectivity index is 1.45. The molecule has 1 aliphatic carbocycles. The highest BCUT2D eigenvalue weighted by molar-refractivity contribution is 5.52. The van der Waals surface area contributed by atoms with Crippen molar-refractivity contribution in [1.29, 1.82) is 0 Å². The molecule has 0 atom stereocenters. The fourth-order valence-electron chi connectivity index (χ4n) is 2.01. The first kappa shape index (κ1) is 12.3. The van der Waals surface area contributed by atoms with Crippen LogP contribution in [0.15, 0.2) is 30.3 Å². The summed E-state index contributed by atoms with van der Waals surface area (Å²) in [4.78, 5) is 1.69. The summed E-state index contributed by atoms with van der Waals surface area (Å²) >= 11 is 0. The Hall–Kier alpha value is -1.75. The Bertz CT molecular complexity index is 504. The van der Waals surface area contributed by atoms with Gasteiger partial charge in [-0.2, -0.15) is 4.80 Å². The van der Waals surface area contributed by atoms with Crippen molar-refractivity contribution >= 4 is 0 Å². The highest BCUT2D eigenvalue weighted by Gasteiger charge is 2.19. The number of unbranched alkanes of at least 4 members (excludes halogenated alkanes) is 1. The van der Waals surface area contributed by atoms with Gasteiger partial charge in [0.2, 0.25) is 5.82 Å². The summed E-state index contributed by atoms with van der Waals surface area (Å²) in [6, 6.07) is 10.8. The van der Waals surface area contributed by atoms with Crippen molar-refractivity contribution in [3.05, 3.63) is 30.3 Å². The van der Waals surface area contributed by atoms with Gasteiger partial charge in [-0.3, -0.25) is 0 Å². The third kappa shape index (κ3) is 3.61. The molecule has 5 heteroatoms. The van der Waals surface area contributed by atoms with E-state index in [2.05, 4.69) is 20.7 Å². The van der Waals surface area contributed by atoms with Crippen LogP contribution in [-0.4, -0.2) is 32.8 Å².